The lowest BCUT2D eigenvalue weighted by atomic mass is 9.50. The highest BCUT2D eigenvalue weighted by molar-refractivity contribution is 6.84. The lowest BCUT2D eigenvalue weighted by Gasteiger charge is -2.33. The van der Waals surface area contributed by atoms with Gasteiger partial charge in [-0.3, -0.25) is 0 Å². The average Bonchev–Trinajstić information content (AvgIpc) is 2.74. The highest BCUT2D eigenvalue weighted by Crippen LogP contribution is 2.41. The number of hydrogen-bond acceptors (Lipinski definition) is 2. The van der Waals surface area contributed by atoms with E-state index in [2.05, 4.69) is 67.6 Å². The first-order valence-corrected chi connectivity index (χ1v) is 9.56. The van der Waals surface area contributed by atoms with Crippen molar-refractivity contribution in [3.8, 4) is 39.5 Å². The predicted molar refractivity (Wildman–Crippen MR) is 114 cm³/mol. The van der Waals surface area contributed by atoms with Crippen LogP contribution in [0.2, 0.25) is 0 Å². The van der Waals surface area contributed by atoms with Crippen LogP contribution in [0.4, 0.5) is 0 Å². The lowest BCUT2D eigenvalue weighted by Crippen LogP contribution is -2.53. The molecule has 0 saturated heterocycles. The van der Waals surface area contributed by atoms with Crippen molar-refractivity contribution in [2.75, 3.05) is 0 Å². The van der Waals surface area contributed by atoms with Gasteiger partial charge in [0.05, 0.1) is 0 Å². The van der Waals surface area contributed by atoms with Gasteiger partial charge in [-0.1, -0.05) is 60.2 Å². The molecular formula is C25H17BO2. The monoisotopic (exact) mass is 360 g/mol. The first kappa shape index (κ1) is 15.6. The normalized spacial score (nSPS) is 13.0. The molecule has 132 valence electrons. The van der Waals surface area contributed by atoms with Crippen molar-refractivity contribution in [2.45, 2.75) is 6.92 Å². The minimum Gasteiger partial charge on any atom is -0.551 e. The Bertz CT molecular complexity index is 1230. The molecule has 0 saturated carbocycles. The Labute approximate surface area is 164 Å². The summed E-state index contributed by atoms with van der Waals surface area (Å²) in [6.45, 7) is 1.97. The fourth-order valence-electron chi connectivity index (χ4n) is 4.27. The number of rotatable bonds is 1. The summed E-state index contributed by atoms with van der Waals surface area (Å²) in [7, 11) is 0. The first-order valence-electron chi connectivity index (χ1n) is 9.56. The smallest absolute Gasteiger partial charge is 0.434 e. The van der Waals surface area contributed by atoms with E-state index in [0.29, 0.717) is 0 Å². The zero-order valence-corrected chi connectivity index (χ0v) is 15.5. The minimum absolute atomic E-state index is 0.144. The molecule has 0 N–H and O–H groups in total. The largest absolute Gasteiger partial charge is 0.551 e. The molecule has 2 aliphatic heterocycles. The van der Waals surface area contributed by atoms with Crippen molar-refractivity contribution < 1.29 is 9.39 Å². The van der Waals surface area contributed by atoms with Gasteiger partial charge in [-0.2, -0.15) is 0 Å². The fourth-order valence-corrected chi connectivity index (χ4v) is 4.27. The van der Waals surface area contributed by atoms with Crippen LogP contribution in [-0.4, -0.2) is 6.92 Å². The van der Waals surface area contributed by atoms with Crippen molar-refractivity contribution >= 4 is 17.8 Å². The lowest BCUT2D eigenvalue weighted by molar-refractivity contribution is 0.479. The van der Waals surface area contributed by atoms with Crippen LogP contribution in [0.3, 0.4) is 0 Å². The highest BCUT2D eigenvalue weighted by Gasteiger charge is 2.40. The van der Waals surface area contributed by atoms with Gasteiger partial charge in [-0.15, -0.1) is 0 Å². The van der Waals surface area contributed by atoms with Crippen molar-refractivity contribution in [1.29, 1.82) is 0 Å². The van der Waals surface area contributed by atoms with Crippen LogP contribution in [0.15, 0.2) is 84.9 Å². The summed E-state index contributed by atoms with van der Waals surface area (Å²) >= 11 is 0. The van der Waals surface area contributed by atoms with Crippen molar-refractivity contribution in [3.63, 3.8) is 0 Å². The summed E-state index contributed by atoms with van der Waals surface area (Å²) in [4.78, 5) is 0. The maximum absolute atomic E-state index is 6.49. The van der Waals surface area contributed by atoms with Gasteiger partial charge in [0.25, 0.3) is 0 Å². The third-order valence-electron chi connectivity index (χ3n) is 5.60. The van der Waals surface area contributed by atoms with E-state index in [-0.39, 0.29) is 6.92 Å². The SMILES string of the molecule is Cc1ccc2c(c1)-c1cc(-c3ccccc3)cc3c1B(O2)c1ccccc1O3. The number of hydrogen-bond donors (Lipinski definition) is 0. The average molecular weight is 360 g/mol. The van der Waals surface area contributed by atoms with E-state index in [1.165, 1.54) is 16.7 Å². The maximum Gasteiger partial charge on any atom is 0.434 e. The van der Waals surface area contributed by atoms with Gasteiger partial charge in [0.15, 0.2) is 0 Å². The molecule has 0 unspecified atom stereocenters. The summed E-state index contributed by atoms with van der Waals surface area (Å²) in [5.41, 5.74) is 8.08. The van der Waals surface area contributed by atoms with E-state index in [9.17, 15) is 0 Å². The summed E-state index contributed by atoms with van der Waals surface area (Å²) in [5, 5.41) is 0. The molecule has 2 heterocycles. The third kappa shape index (κ3) is 2.23. The Morgan fingerprint density at radius 2 is 1.46 bits per heavy atom. The molecule has 0 fully saturated rings. The highest BCUT2D eigenvalue weighted by atomic mass is 16.5. The fraction of sp³-hybridized carbons (Fsp3) is 0.0400. The zero-order valence-electron chi connectivity index (χ0n) is 15.5. The van der Waals surface area contributed by atoms with Crippen LogP contribution in [0.5, 0.6) is 17.2 Å². The molecule has 4 aromatic carbocycles. The number of para-hydroxylation sites is 1. The van der Waals surface area contributed by atoms with Crippen molar-refractivity contribution in [2.24, 2.45) is 0 Å². The van der Waals surface area contributed by atoms with E-state index in [1.807, 2.05) is 24.3 Å². The second-order valence-corrected chi connectivity index (χ2v) is 7.44. The Kier molecular flexibility index (Phi) is 3.21. The molecule has 0 radical (unpaired) electrons. The van der Waals surface area contributed by atoms with Gasteiger partial charge < -0.3 is 9.39 Å². The molecule has 0 amide bonds. The van der Waals surface area contributed by atoms with Gasteiger partial charge in [0.2, 0.25) is 0 Å². The van der Waals surface area contributed by atoms with E-state index in [0.717, 1.165) is 39.3 Å². The van der Waals surface area contributed by atoms with Gasteiger partial charge in [0, 0.05) is 16.5 Å². The molecular weight excluding hydrogens is 343 g/mol. The zero-order chi connectivity index (χ0) is 18.7. The van der Waals surface area contributed by atoms with Gasteiger partial charge in [0.1, 0.15) is 17.2 Å². The van der Waals surface area contributed by atoms with Crippen molar-refractivity contribution in [1.82, 2.24) is 0 Å². The van der Waals surface area contributed by atoms with E-state index in [4.69, 9.17) is 9.39 Å². The molecule has 0 bridgehead atoms. The quantitative estimate of drug-likeness (QED) is 0.448. The van der Waals surface area contributed by atoms with Crippen LogP contribution in [0.1, 0.15) is 5.56 Å². The molecule has 3 heteroatoms. The Hall–Kier alpha value is -3.46. The van der Waals surface area contributed by atoms with Crippen LogP contribution in [0, 0.1) is 6.92 Å². The number of benzene rings is 4. The van der Waals surface area contributed by atoms with Crippen LogP contribution in [-0.2, 0) is 0 Å². The molecule has 4 aromatic rings. The summed E-state index contributed by atoms with van der Waals surface area (Å²) < 4.78 is 12.8. The molecule has 6 rings (SSSR count). The van der Waals surface area contributed by atoms with E-state index < -0.39 is 0 Å². The maximum atomic E-state index is 6.49. The number of fused-ring (bicyclic) bond motifs is 4. The van der Waals surface area contributed by atoms with Crippen LogP contribution in [0.25, 0.3) is 22.3 Å². The Morgan fingerprint density at radius 3 is 2.36 bits per heavy atom. The van der Waals surface area contributed by atoms with Crippen LogP contribution >= 0.6 is 0 Å². The van der Waals surface area contributed by atoms with Crippen LogP contribution < -0.4 is 20.3 Å². The predicted octanol–water partition coefficient (Wildman–Crippen LogP) is 4.93. The first-order chi connectivity index (χ1) is 13.8. The second kappa shape index (κ2) is 5.77. The standard InChI is InChI=1S/C25H17BO2/c1-16-11-12-22-19(13-16)20-14-18(17-7-3-2-4-8-17)15-24-25(20)26(28-22)21-9-5-6-10-23(21)27-24/h2-15H,1H3. The van der Waals surface area contributed by atoms with Gasteiger partial charge in [-0.25, -0.2) is 0 Å². The third-order valence-corrected chi connectivity index (χ3v) is 5.60. The molecule has 0 aromatic heterocycles. The molecule has 0 atom stereocenters. The van der Waals surface area contributed by atoms with Crippen molar-refractivity contribution in [3.05, 3.63) is 90.5 Å². The molecule has 0 aliphatic carbocycles. The number of ether oxygens (including phenoxy) is 1. The second-order valence-electron chi connectivity index (χ2n) is 7.44. The summed E-state index contributed by atoms with van der Waals surface area (Å²) in [5.74, 6) is 2.68. The van der Waals surface area contributed by atoms with E-state index >= 15 is 0 Å². The van der Waals surface area contributed by atoms with E-state index in [1.54, 1.807) is 0 Å². The summed E-state index contributed by atoms with van der Waals surface area (Å²) in [6, 6.07) is 29.4. The molecule has 28 heavy (non-hydrogen) atoms. The summed E-state index contributed by atoms with van der Waals surface area (Å²) in [6.07, 6.45) is 0. The molecule has 0 spiro atoms. The molecule has 2 aliphatic rings. The Balaban J connectivity index is 1.67. The van der Waals surface area contributed by atoms with Gasteiger partial charge in [-0.05, 0) is 53.9 Å². The minimum atomic E-state index is -0.144. The Morgan fingerprint density at radius 1 is 0.643 bits per heavy atom. The van der Waals surface area contributed by atoms with Gasteiger partial charge >= 0.3 is 6.92 Å². The number of aryl methyl sites for hydroxylation is 1. The molecule has 2 nitrogen and oxygen atoms in total. The topological polar surface area (TPSA) is 18.5 Å².